The minimum atomic E-state index is -1.52. The van der Waals surface area contributed by atoms with Crippen LogP contribution in [0.25, 0.3) is 5.57 Å². The van der Waals surface area contributed by atoms with Crippen LogP contribution in [0.1, 0.15) is 64.9 Å². The van der Waals surface area contributed by atoms with E-state index in [1.807, 2.05) is 31.2 Å². The van der Waals surface area contributed by atoms with Crippen LogP contribution in [-0.2, 0) is 14.3 Å². The van der Waals surface area contributed by atoms with Crippen molar-refractivity contribution in [2.45, 2.75) is 77.7 Å². The number of allylic oxidation sites excluding steroid dienone is 4. The Kier molecular flexibility index (Phi) is 6.02. The van der Waals surface area contributed by atoms with Crippen molar-refractivity contribution < 1.29 is 28.2 Å². The topological polar surface area (TPSA) is 63.6 Å². The Balaban J connectivity index is 1.48. The third kappa shape index (κ3) is 3.80. The van der Waals surface area contributed by atoms with Crippen molar-refractivity contribution in [2.24, 2.45) is 28.6 Å². The van der Waals surface area contributed by atoms with Gasteiger partial charge in [-0.15, -0.1) is 0 Å². The Hall–Kier alpha value is -2.34. The van der Waals surface area contributed by atoms with Gasteiger partial charge in [0.25, 0.3) is 0 Å². The Morgan fingerprint density at radius 1 is 1.17 bits per heavy atom. The fourth-order valence-corrected chi connectivity index (χ4v) is 7.85. The van der Waals surface area contributed by atoms with Crippen LogP contribution >= 0.6 is 0 Å². The molecule has 5 rings (SSSR count). The lowest BCUT2D eigenvalue weighted by Crippen LogP contribution is -2.53. The number of carbonyl (C=O) groups is 2. The largest absolute Gasteiger partial charge is 0.462 e. The van der Waals surface area contributed by atoms with Crippen molar-refractivity contribution >= 4 is 17.3 Å². The van der Waals surface area contributed by atoms with Gasteiger partial charge in [0, 0.05) is 22.0 Å². The van der Waals surface area contributed by atoms with Crippen LogP contribution in [0.4, 0.5) is 8.78 Å². The lowest BCUT2D eigenvalue weighted by molar-refractivity contribution is -0.161. The Morgan fingerprint density at radius 3 is 2.57 bits per heavy atom. The molecule has 6 heteroatoms. The summed E-state index contributed by atoms with van der Waals surface area (Å²) >= 11 is 0. The number of rotatable bonds is 4. The number of Topliss-reactive ketones (excluding diaryl/α,β-unsaturated/α-hetero) is 1. The third-order valence-electron chi connectivity index (χ3n) is 9.44. The van der Waals surface area contributed by atoms with Gasteiger partial charge in [-0.05, 0) is 62.3 Å². The zero-order valence-electron chi connectivity index (χ0n) is 20.6. The molecule has 1 N–H and O–H groups in total. The number of ketones is 1. The summed E-state index contributed by atoms with van der Waals surface area (Å²) in [4.78, 5) is 25.3. The van der Waals surface area contributed by atoms with Gasteiger partial charge >= 0.3 is 5.97 Å². The number of ether oxygens (including phenoxy) is 1. The number of aliphatic hydroxyl groups is 1. The molecule has 0 aliphatic heterocycles. The van der Waals surface area contributed by atoms with Crippen molar-refractivity contribution in [3.05, 3.63) is 53.4 Å². The van der Waals surface area contributed by atoms with Crippen LogP contribution in [0.15, 0.2) is 47.8 Å². The molecule has 4 aliphatic rings. The van der Waals surface area contributed by atoms with Gasteiger partial charge in [-0.3, -0.25) is 9.59 Å². The second-order valence-corrected chi connectivity index (χ2v) is 11.5. The number of benzene rings is 1. The summed E-state index contributed by atoms with van der Waals surface area (Å²) < 4.78 is 37.1. The van der Waals surface area contributed by atoms with Crippen LogP contribution in [0, 0.1) is 28.6 Å². The lowest BCUT2D eigenvalue weighted by atomic mass is 9.47. The predicted octanol–water partition coefficient (Wildman–Crippen LogP) is 5.75. The molecule has 1 aromatic carbocycles. The van der Waals surface area contributed by atoms with Gasteiger partial charge in [0.2, 0.25) is 5.78 Å². The van der Waals surface area contributed by atoms with Gasteiger partial charge < -0.3 is 9.84 Å². The molecule has 3 saturated carbocycles. The Morgan fingerprint density at radius 2 is 1.89 bits per heavy atom. The molecule has 188 valence electrons. The van der Waals surface area contributed by atoms with Crippen LogP contribution < -0.4 is 0 Å². The molecule has 0 spiro atoms. The van der Waals surface area contributed by atoms with E-state index in [0.717, 1.165) is 19.3 Å². The smallest absolute Gasteiger partial charge is 0.308 e. The van der Waals surface area contributed by atoms with E-state index >= 15 is 8.78 Å². The fourth-order valence-electron chi connectivity index (χ4n) is 7.85. The summed E-state index contributed by atoms with van der Waals surface area (Å²) in [6.45, 7) is 5.60. The number of fused-ring (bicyclic) bond motifs is 5. The normalized spacial score (nSPS) is 39.3. The van der Waals surface area contributed by atoms with E-state index in [0.29, 0.717) is 17.6 Å². The van der Waals surface area contributed by atoms with E-state index in [9.17, 15) is 14.7 Å². The van der Waals surface area contributed by atoms with Gasteiger partial charge in [0.15, 0.2) is 5.83 Å². The molecule has 1 aromatic rings. The van der Waals surface area contributed by atoms with E-state index in [1.54, 1.807) is 19.1 Å². The lowest BCUT2D eigenvalue weighted by Gasteiger charge is -2.57. The highest BCUT2D eigenvalue weighted by Gasteiger charge is 2.62. The van der Waals surface area contributed by atoms with E-state index in [-0.39, 0.29) is 47.7 Å². The van der Waals surface area contributed by atoms with Crippen molar-refractivity contribution in [3.8, 4) is 0 Å². The maximum absolute atomic E-state index is 15.7. The quantitative estimate of drug-likeness (QED) is 0.553. The first-order valence-electron chi connectivity index (χ1n) is 12.8. The summed E-state index contributed by atoms with van der Waals surface area (Å²) in [7, 11) is 0. The number of aliphatic hydroxyl groups excluding tert-OH is 1. The van der Waals surface area contributed by atoms with E-state index < -0.39 is 35.3 Å². The molecule has 4 nitrogen and oxygen atoms in total. The maximum atomic E-state index is 15.7. The standard InChI is InChI=1S/C29H34F2O4/c1-16(32)13-24(33)35-23-10-9-20-18-14-22(30)25-26(31)27(34)19(17-7-5-4-6-8-17)15-29(25,3)21(18)11-12-28(20,23)2/h4-8,15-16,18,20-23,32H,9-14H2,1-3H3/t16?,18-,20-,21-,22-,23?,28-,29+/m0/s1. The van der Waals surface area contributed by atoms with Gasteiger partial charge in [-0.1, -0.05) is 50.3 Å². The van der Waals surface area contributed by atoms with Gasteiger partial charge in [-0.2, -0.15) is 0 Å². The van der Waals surface area contributed by atoms with Crippen molar-refractivity contribution in [3.63, 3.8) is 0 Å². The van der Waals surface area contributed by atoms with Crippen molar-refractivity contribution in [2.75, 3.05) is 0 Å². The molecular weight excluding hydrogens is 450 g/mol. The van der Waals surface area contributed by atoms with Gasteiger partial charge in [0.1, 0.15) is 12.3 Å². The molecule has 0 amide bonds. The first-order valence-corrected chi connectivity index (χ1v) is 12.8. The number of hydrogen-bond donors (Lipinski definition) is 1. The second kappa shape index (κ2) is 8.65. The highest BCUT2D eigenvalue weighted by molar-refractivity contribution is 6.29. The summed E-state index contributed by atoms with van der Waals surface area (Å²) in [5.74, 6) is -1.89. The SMILES string of the molecule is CC(O)CC(=O)OC1CC[C@H]2[C@@H]3C[C@H](F)C4=C(F)C(=O)C(c5ccccc5)=C[C@]4(C)[C@H]3CC[C@]12C. The molecule has 0 aromatic heterocycles. The van der Waals surface area contributed by atoms with E-state index in [4.69, 9.17) is 4.74 Å². The predicted molar refractivity (Wildman–Crippen MR) is 128 cm³/mol. The van der Waals surface area contributed by atoms with Crippen LogP contribution in [0.3, 0.4) is 0 Å². The Labute approximate surface area is 205 Å². The molecular formula is C29H34F2O4. The average Bonchev–Trinajstić information content (AvgIpc) is 3.12. The van der Waals surface area contributed by atoms with Gasteiger partial charge in [-0.25, -0.2) is 8.78 Å². The second-order valence-electron chi connectivity index (χ2n) is 11.5. The van der Waals surface area contributed by atoms with E-state index in [2.05, 4.69) is 6.92 Å². The molecule has 8 atom stereocenters. The minimum Gasteiger partial charge on any atom is -0.462 e. The monoisotopic (exact) mass is 484 g/mol. The zero-order chi connectivity index (χ0) is 25.1. The molecule has 0 bridgehead atoms. The number of carbonyl (C=O) groups excluding carboxylic acids is 2. The molecule has 35 heavy (non-hydrogen) atoms. The number of esters is 1. The van der Waals surface area contributed by atoms with Gasteiger partial charge in [0.05, 0.1) is 12.5 Å². The van der Waals surface area contributed by atoms with Crippen LogP contribution in [-0.4, -0.2) is 35.2 Å². The first-order chi connectivity index (χ1) is 16.6. The number of hydrogen-bond acceptors (Lipinski definition) is 4. The highest BCUT2D eigenvalue weighted by Crippen LogP contribution is 2.66. The van der Waals surface area contributed by atoms with Crippen LogP contribution in [0.2, 0.25) is 0 Å². The van der Waals surface area contributed by atoms with E-state index in [1.165, 1.54) is 0 Å². The minimum absolute atomic E-state index is 0.00653. The molecule has 3 fully saturated rings. The summed E-state index contributed by atoms with van der Waals surface area (Å²) in [6, 6.07) is 9.05. The van der Waals surface area contributed by atoms with Crippen molar-refractivity contribution in [1.82, 2.24) is 0 Å². The fraction of sp³-hybridized carbons (Fsp3) is 0.586. The third-order valence-corrected chi connectivity index (χ3v) is 9.44. The summed E-state index contributed by atoms with van der Waals surface area (Å²) in [6.07, 6.45) is 2.53. The van der Waals surface area contributed by atoms with Crippen molar-refractivity contribution in [1.29, 1.82) is 0 Å². The maximum Gasteiger partial charge on any atom is 0.308 e. The molecule has 2 unspecified atom stereocenters. The summed E-state index contributed by atoms with van der Waals surface area (Å²) in [5, 5.41) is 9.55. The number of alkyl halides is 1. The highest BCUT2D eigenvalue weighted by atomic mass is 19.1. The molecule has 4 aliphatic carbocycles. The molecule has 0 radical (unpaired) electrons. The average molecular weight is 485 g/mol. The Bertz CT molecular complexity index is 1090. The van der Waals surface area contributed by atoms with Crippen LogP contribution in [0.5, 0.6) is 0 Å². The molecule has 0 saturated heterocycles. The molecule has 0 heterocycles. The number of halogens is 2. The summed E-state index contributed by atoms with van der Waals surface area (Å²) in [5.41, 5.74) is -0.177. The first kappa shape index (κ1) is 24.4. The zero-order valence-corrected chi connectivity index (χ0v) is 20.6.